The fourth-order valence-electron chi connectivity index (χ4n) is 3.24. The van der Waals surface area contributed by atoms with Gasteiger partial charge in [-0.3, -0.25) is 9.59 Å². The fourth-order valence-corrected chi connectivity index (χ4v) is 3.24. The third-order valence-corrected chi connectivity index (χ3v) is 4.96. The number of hydrogen-bond donors (Lipinski definition) is 4. The molecule has 2 amide bonds. The average Bonchev–Trinajstić information content (AvgIpc) is 2.77. The molecule has 3 rings (SSSR count). The third-order valence-electron chi connectivity index (χ3n) is 4.96. The van der Waals surface area contributed by atoms with Gasteiger partial charge in [-0.05, 0) is 48.7 Å². The van der Waals surface area contributed by atoms with Gasteiger partial charge >= 0.3 is 12.1 Å². The van der Waals surface area contributed by atoms with Crippen molar-refractivity contribution in [1.29, 1.82) is 0 Å². The van der Waals surface area contributed by atoms with E-state index >= 15 is 0 Å². The molecular formula is C22H19F6N3O4. The van der Waals surface area contributed by atoms with Crippen molar-refractivity contribution in [2.45, 2.75) is 31.0 Å². The number of nitrogens with two attached hydrogens (primary N) is 2. The molecule has 0 bridgehead atoms. The quantitative estimate of drug-likeness (QED) is 0.374. The van der Waals surface area contributed by atoms with Crippen LogP contribution in [0.5, 0.6) is 0 Å². The Labute approximate surface area is 194 Å². The number of allylic oxidation sites excluding steroid dienone is 1. The zero-order valence-electron chi connectivity index (χ0n) is 17.7. The predicted octanol–water partition coefficient (Wildman–Crippen LogP) is 3.61. The molecule has 0 saturated carbocycles. The number of aliphatic carboxylic acids is 1. The zero-order valence-corrected chi connectivity index (χ0v) is 17.7. The van der Waals surface area contributed by atoms with Crippen molar-refractivity contribution in [1.82, 2.24) is 0 Å². The van der Waals surface area contributed by atoms with E-state index in [9.17, 15) is 35.9 Å². The van der Waals surface area contributed by atoms with Crippen molar-refractivity contribution in [3.8, 4) is 0 Å². The number of carboxylic acids is 1. The van der Waals surface area contributed by atoms with Crippen molar-refractivity contribution >= 4 is 23.5 Å². The molecule has 7 nitrogen and oxygen atoms in total. The maximum absolute atomic E-state index is 13.5. The van der Waals surface area contributed by atoms with Gasteiger partial charge in [-0.2, -0.15) is 13.2 Å². The largest absolute Gasteiger partial charge is 0.490 e. The van der Waals surface area contributed by atoms with Crippen LogP contribution in [-0.2, 0) is 9.59 Å². The van der Waals surface area contributed by atoms with Gasteiger partial charge in [0, 0.05) is 28.8 Å². The molecule has 0 fully saturated rings. The molecule has 13 heteroatoms. The van der Waals surface area contributed by atoms with Crippen molar-refractivity contribution in [2.24, 2.45) is 11.5 Å². The van der Waals surface area contributed by atoms with Crippen LogP contribution >= 0.6 is 0 Å². The number of amides is 2. The Bertz CT molecular complexity index is 1140. The van der Waals surface area contributed by atoms with Crippen LogP contribution in [0.1, 0.15) is 34.7 Å². The first kappa shape index (κ1) is 27.4. The highest BCUT2D eigenvalue weighted by Crippen LogP contribution is 2.33. The minimum Gasteiger partial charge on any atom is -0.475 e. The summed E-state index contributed by atoms with van der Waals surface area (Å²) < 4.78 is 71.9. The molecule has 188 valence electrons. The van der Waals surface area contributed by atoms with Crippen LogP contribution in [0.3, 0.4) is 0 Å². The van der Waals surface area contributed by atoms with E-state index in [1.807, 2.05) is 0 Å². The third kappa shape index (κ3) is 7.30. The van der Waals surface area contributed by atoms with E-state index in [1.54, 1.807) is 18.2 Å². The lowest BCUT2D eigenvalue weighted by Crippen LogP contribution is -2.34. The monoisotopic (exact) mass is 503 g/mol. The van der Waals surface area contributed by atoms with Gasteiger partial charge in [0.25, 0.3) is 5.91 Å². The highest BCUT2D eigenvalue weighted by atomic mass is 19.4. The molecule has 0 saturated heterocycles. The van der Waals surface area contributed by atoms with Gasteiger partial charge in [0.05, 0.1) is 0 Å². The predicted molar refractivity (Wildman–Crippen MR) is 112 cm³/mol. The highest BCUT2D eigenvalue weighted by molar-refractivity contribution is 6.04. The van der Waals surface area contributed by atoms with Crippen LogP contribution in [0.15, 0.2) is 48.0 Å². The first-order valence-electron chi connectivity index (χ1n) is 9.81. The molecule has 1 aliphatic rings. The molecular weight excluding hydrogens is 484 g/mol. The molecule has 0 heterocycles. The summed E-state index contributed by atoms with van der Waals surface area (Å²) >= 11 is 0. The van der Waals surface area contributed by atoms with E-state index in [2.05, 4.69) is 5.32 Å². The Morgan fingerprint density at radius 3 is 2.09 bits per heavy atom. The highest BCUT2D eigenvalue weighted by Gasteiger charge is 2.38. The summed E-state index contributed by atoms with van der Waals surface area (Å²) in [6.45, 7) is 0. The number of hydrogen-bond acceptors (Lipinski definition) is 4. The van der Waals surface area contributed by atoms with Gasteiger partial charge < -0.3 is 21.9 Å². The van der Waals surface area contributed by atoms with Gasteiger partial charge in [0.1, 0.15) is 0 Å². The summed E-state index contributed by atoms with van der Waals surface area (Å²) in [5, 5.41) is 9.79. The standard InChI is InChI=1S/C20H18F3N3O2.C2HF3O2/c21-15-7-12(8-16(22)18(15)23)14-5-4-11(9-17(14)24)20(28)26-13-3-1-2-10(6-13)19(25)27;3-2(4,5)1(6)7/h1-4,6-8,14,17H,5,9,24H2,(H2,25,27)(H,26,28);(H,6,7)/t14-,17+;/m1./s1. The van der Waals surface area contributed by atoms with Crippen LogP contribution in [0.2, 0.25) is 0 Å². The number of anilines is 1. The van der Waals surface area contributed by atoms with Crippen molar-refractivity contribution in [2.75, 3.05) is 5.32 Å². The normalized spacial score (nSPS) is 17.5. The van der Waals surface area contributed by atoms with Crippen molar-refractivity contribution in [3.63, 3.8) is 0 Å². The smallest absolute Gasteiger partial charge is 0.475 e. The Morgan fingerprint density at radius 2 is 1.60 bits per heavy atom. The summed E-state index contributed by atoms with van der Waals surface area (Å²) in [5.74, 6) is -8.29. The Morgan fingerprint density at radius 1 is 1.03 bits per heavy atom. The van der Waals surface area contributed by atoms with E-state index in [1.165, 1.54) is 12.1 Å². The second kappa shape index (κ2) is 11.0. The Kier molecular flexibility index (Phi) is 8.63. The molecule has 35 heavy (non-hydrogen) atoms. The second-order valence-electron chi connectivity index (χ2n) is 7.44. The molecule has 0 spiro atoms. The first-order chi connectivity index (χ1) is 16.2. The number of benzene rings is 2. The summed E-state index contributed by atoms with van der Waals surface area (Å²) in [7, 11) is 0. The summed E-state index contributed by atoms with van der Waals surface area (Å²) in [5.41, 5.74) is 12.7. The van der Waals surface area contributed by atoms with Gasteiger partial charge in [0.15, 0.2) is 17.5 Å². The minimum atomic E-state index is -5.08. The number of halogens is 6. The number of alkyl halides is 3. The molecule has 2 atom stereocenters. The van der Waals surface area contributed by atoms with Gasteiger partial charge in [0.2, 0.25) is 5.91 Å². The molecule has 1 aliphatic carbocycles. The van der Waals surface area contributed by atoms with Crippen LogP contribution in [0.25, 0.3) is 0 Å². The van der Waals surface area contributed by atoms with Gasteiger partial charge in [-0.25, -0.2) is 18.0 Å². The molecule has 0 aromatic heterocycles. The molecule has 0 unspecified atom stereocenters. The van der Waals surface area contributed by atoms with Gasteiger partial charge in [-0.1, -0.05) is 12.1 Å². The van der Waals surface area contributed by atoms with Crippen LogP contribution in [0, 0.1) is 17.5 Å². The zero-order chi connectivity index (χ0) is 26.5. The molecule has 0 radical (unpaired) electrons. The summed E-state index contributed by atoms with van der Waals surface area (Å²) in [6, 6.07) is 7.46. The van der Waals surface area contributed by atoms with E-state index in [4.69, 9.17) is 21.4 Å². The van der Waals surface area contributed by atoms with E-state index in [0.29, 0.717) is 11.3 Å². The maximum atomic E-state index is 13.5. The van der Waals surface area contributed by atoms with E-state index in [-0.39, 0.29) is 24.0 Å². The number of carbonyl (C=O) groups excluding carboxylic acids is 2. The molecule has 6 N–H and O–H groups in total. The Balaban J connectivity index is 0.000000540. The summed E-state index contributed by atoms with van der Waals surface area (Å²) in [6.07, 6.45) is -3.00. The maximum Gasteiger partial charge on any atom is 0.490 e. The first-order valence-corrected chi connectivity index (χ1v) is 9.81. The number of rotatable bonds is 4. The van der Waals surface area contributed by atoms with Gasteiger partial charge in [-0.15, -0.1) is 0 Å². The number of carbonyl (C=O) groups is 3. The number of carboxylic acid groups (broad SMARTS) is 1. The van der Waals surface area contributed by atoms with Crippen LogP contribution < -0.4 is 16.8 Å². The second-order valence-corrected chi connectivity index (χ2v) is 7.44. The van der Waals surface area contributed by atoms with E-state index in [0.717, 1.165) is 12.1 Å². The van der Waals surface area contributed by atoms with Crippen LogP contribution in [-0.4, -0.2) is 35.1 Å². The lowest BCUT2D eigenvalue weighted by molar-refractivity contribution is -0.192. The van der Waals surface area contributed by atoms with Crippen molar-refractivity contribution in [3.05, 3.63) is 76.6 Å². The Hall–Kier alpha value is -3.87. The molecule has 0 aliphatic heterocycles. The molecule has 2 aromatic carbocycles. The summed E-state index contributed by atoms with van der Waals surface area (Å²) in [4.78, 5) is 32.6. The average molecular weight is 503 g/mol. The van der Waals surface area contributed by atoms with E-state index < -0.39 is 53.4 Å². The lowest BCUT2D eigenvalue weighted by atomic mass is 9.80. The topological polar surface area (TPSA) is 136 Å². The number of primary amides is 1. The van der Waals surface area contributed by atoms with Crippen LogP contribution in [0.4, 0.5) is 32.0 Å². The lowest BCUT2D eigenvalue weighted by Gasteiger charge is -2.28. The molecule has 2 aromatic rings. The minimum absolute atomic E-state index is 0.173. The number of nitrogens with one attached hydrogen (secondary N) is 1. The fraction of sp³-hybridized carbons (Fsp3) is 0.227. The van der Waals surface area contributed by atoms with Crippen molar-refractivity contribution < 1.29 is 45.8 Å². The SMILES string of the molecule is NC(=O)c1cccc(NC(=O)C2=CC[C@H](c3cc(F)c(F)c(F)c3)[C@@H](N)C2)c1.O=C(O)C(F)(F)F.